The Hall–Kier alpha value is -2.05. The third kappa shape index (κ3) is 4.18. The average molecular weight is 423 g/mol. The Kier molecular flexibility index (Phi) is 5.73. The fraction of sp³-hybridized carbons (Fsp3) is 0.450. The van der Waals surface area contributed by atoms with E-state index in [4.69, 9.17) is 23.2 Å². The van der Waals surface area contributed by atoms with Crippen molar-refractivity contribution in [1.29, 1.82) is 0 Å². The van der Waals surface area contributed by atoms with Gasteiger partial charge < -0.3 is 9.80 Å². The van der Waals surface area contributed by atoms with Gasteiger partial charge in [-0.25, -0.2) is 0 Å². The Morgan fingerprint density at radius 1 is 0.964 bits per heavy atom. The Bertz CT molecular complexity index is 909. The predicted molar refractivity (Wildman–Crippen MR) is 110 cm³/mol. The number of benzene rings is 1. The van der Waals surface area contributed by atoms with Crippen LogP contribution in [0.5, 0.6) is 0 Å². The minimum atomic E-state index is -0.149. The van der Waals surface area contributed by atoms with Gasteiger partial charge in [0.05, 0.1) is 16.3 Å². The van der Waals surface area contributed by atoms with E-state index >= 15 is 0 Å². The molecule has 0 bridgehead atoms. The maximum atomic E-state index is 12.9. The van der Waals surface area contributed by atoms with Crippen molar-refractivity contribution in [3.63, 3.8) is 0 Å². The molecular weight excluding hydrogens is 399 g/mol. The van der Waals surface area contributed by atoms with Crippen molar-refractivity contribution in [2.45, 2.75) is 26.2 Å². The highest BCUT2D eigenvalue weighted by molar-refractivity contribution is 6.36. The molecule has 2 amide bonds. The van der Waals surface area contributed by atoms with E-state index in [2.05, 4.69) is 25.9 Å². The Balaban J connectivity index is 1.67. The minimum Gasteiger partial charge on any atom is -0.335 e. The zero-order chi connectivity index (χ0) is 20.6. The Morgan fingerprint density at radius 3 is 2.04 bits per heavy atom. The van der Waals surface area contributed by atoms with Crippen molar-refractivity contribution in [3.05, 3.63) is 51.3 Å². The van der Waals surface area contributed by atoms with Crippen LogP contribution in [0.3, 0.4) is 0 Å². The average Bonchev–Trinajstić information content (AvgIpc) is 3.03. The molecule has 2 heterocycles. The van der Waals surface area contributed by atoms with Gasteiger partial charge in [-0.2, -0.15) is 5.10 Å². The summed E-state index contributed by atoms with van der Waals surface area (Å²) in [4.78, 5) is 29.1. The second-order valence-electron chi connectivity index (χ2n) is 8.00. The molecule has 8 heteroatoms. The third-order valence-electron chi connectivity index (χ3n) is 4.88. The predicted octanol–water partition coefficient (Wildman–Crippen LogP) is 3.62. The van der Waals surface area contributed by atoms with Crippen LogP contribution in [0.2, 0.25) is 10.0 Å². The molecule has 1 aromatic carbocycles. The molecule has 0 saturated carbocycles. The van der Waals surface area contributed by atoms with Crippen LogP contribution in [0, 0.1) is 0 Å². The van der Waals surface area contributed by atoms with Crippen LogP contribution in [0.25, 0.3) is 0 Å². The SMILES string of the molecule is Cn1nc(C(C)(C)C)cc1C(=O)N1CCN(C(=O)c2ccc(Cl)cc2Cl)CC1. The molecule has 0 radical (unpaired) electrons. The van der Waals surface area contributed by atoms with Crippen LogP contribution in [-0.2, 0) is 12.5 Å². The van der Waals surface area contributed by atoms with Crippen molar-refractivity contribution >= 4 is 35.0 Å². The molecular formula is C20H24Cl2N4O2. The van der Waals surface area contributed by atoms with Gasteiger partial charge in [-0.15, -0.1) is 0 Å². The summed E-state index contributed by atoms with van der Waals surface area (Å²) in [6.07, 6.45) is 0. The quantitative estimate of drug-likeness (QED) is 0.742. The summed E-state index contributed by atoms with van der Waals surface area (Å²) >= 11 is 12.1. The van der Waals surface area contributed by atoms with Crippen LogP contribution < -0.4 is 0 Å². The van der Waals surface area contributed by atoms with E-state index in [1.165, 1.54) is 0 Å². The van der Waals surface area contributed by atoms with Crippen molar-refractivity contribution < 1.29 is 9.59 Å². The van der Waals surface area contributed by atoms with Gasteiger partial charge >= 0.3 is 0 Å². The number of carbonyl (C=O) groups excluding carboxylic acids is 2. The summed E-state index contributed by atoms with van der Waals surface area (Å²) in [6.45, 7) is 8.03. The molecule has 1 aliphatic heterocycles. The van der Waals surface area contributed by atoms with E-state index in [0.717, 1.165) is 5.69 Å². The standard InChI is InChI=1S/C20H24Cl2N4O2/c1-20(2,3)17-12-16(24(4)23-17)19(28)26-9-7-25(8-10-26)18(27)14-6-5-13(21)11-15(14)22/h5-6,11-12H,7-10H2,1-4H3. The first-order valence-electron chi connectivity index (χ1n) is 9.16. The van der Waals surface area contributed by atoms with Crippen molar-refractivity contribution in [3.8, 4) is 0 Å². The van der Waals surface area contributed by atoms with Gasteiger partial charge in [0.25, 0.3) is 11.8 Å². The summed E-state index contributed by atoms with van der Waals surface area (Å²) in [5.41, 5.74) is 1.74. The highest BCUT2D eigenvalue weighted by atomic mass is 35.5. The van der Waals surface area contributed by atoms with Gasteiger partial charge in [-0.3, -0.25) is 14.3 Å². The molecule has 6 nitrogen and oxygen atoms in total. The lowest BCUT2D eigenvalue weighted by atomic mass is 9.92. The first kappa shape index (κ1) is 20.7. The van der Waals surface area contributed by atoms with E-state index in [9.17, 15) is 9.59 Å². The number of hydrogen-bond donors (Lipinski definition) is 0. The van der Waals surface area contributed by atoms with Gasteiger partial charge in [0.1, 0.15) is 5.69 Å². The van der Waals surface area contributed by atoms with Gasteiger partial charge in [0.2, 0.25) is 0 Å². The first-order valence-corrected chi connectivity index (χ1v) is 9.91. The summed E-state index contributed by atoms with van der Waals surface area (Å²) < 4.78 is 1.63. The smallest absolute Gasteiger partial charge is 0.272 e. The molecule has 1 saturated heterocycles. The molecule has 28 heavy (non-hydrogen) atoms. The maximum Gasteiger partial charge on any atom is 0.272 e. The van der Waals surface area contributed by atoms with Crippen molar-refractivity contribution in [2.75, 3.05) is 26.2 Å². The van der Waals surface area contributed by atoms with E-state index in [1.54, 1.807) is 39.7 Å². The topological polar surface area (TPSA) is 58.4 Å². The van der Waals surface area contributed by atoms with Crippen molar-refractivity contribution in [1.82, 2.24) is 19.6 Å². The fourth-order valence-electron chi connectivity index (χ4n) is 3.14. The number of carbonyl (C=O) groups is 2. The lowest BCUT2D eigenvalue weighted by Crippen LogP contribution is -2.50. The molecule has 0 spiro atoms. The van der Waals surface area contributed by atoms with Crippen LogP contribution in [-0.4, -0.2) is 57.6 Å². The summed E-state index contributed by atoms with van der Waals surface area (Å²) in [6, 6.07) is 6.70. The number of amides is 2. The zero-order valence-corrected chi connectivity index (χ0v) is 18.0. The summed E-state index contributed by atoms with van der Waals surface area (Å²) in [5, 5.41) is 5.30. The molecule has 0 atom stereocenters. The molecule has 0 aliphatic carbocycles. The lowest BCUT2D eigenvalue weighted by molar-refractivity contribution is 0.0529. The van der Waals surface area contributed by atoms with Gasteiger partial charge in [0.15, 0.2) is 0 Å². The second-order valence-corrected chi connectivity index (χ2v) is 8.84. The van der Waals surface area contributed by atoms with E-state index < -0.39 is 0 Å². The van der Waals surface area contributed by atoms with Crippen molar-refractivity contribution in [2.24, 2.45) is 7.05 Å². The zero-order valence-electron chi connectivity index (χ0n) is 16.5. The number of aryl methyl sites for hydroxylation is 1. The normalized spacial score (nSPS) is 15.1. The number of rotatable bonds is 2. The fourth-order valence-corrected chi connectivity index (χ4v) is 3.63. The van der Waals surface area contributed by atoms with E-state index in [-0.39, 0.29) is 17.2 Å². The minimum absolute atomic E-state index is 0.0675. The monoisotopic (exact) mass is 422 g/mol. The summed E-state index contributed by atoms with van der Waals surface area (Å²) in [7, 11) is 1.78. The Morgan fingerprint density at radius 2 is 1.54 bits per heavy atom. The molecule has 1 fully saturated rings. The molecule has 1 aliphatic rings. The number of piperazine rings is 1. The maximum absolute atomic E-state index is 12.9. The van der Waals surface area contributed by atoms with Gasteiger partial charge in [0, 0.05) is 43.7 Å². The number of nitrogens with zero attached hydrogens (tertiary/aromatic N) is 4. The molecule has 1 aromatic heterocycles. The van der Waals surface area contributed by atoms with Crippen LogP contribution in [0.1, 0.15) is 47.3 Å². The van der Waals surface area contributed by atoms with Crippen LogP contribution in [0.15, 0.2) is 24.3 Å². The van der Waals surface area contributed by atoms with Crippen LogP contribution in [0.4, 0.5) is 0 Å². The van der Waals surface area contributed by atoms with E-state index in [0.29, 0.717) is 47.5 Å². The number of halogens is 2. The highest BCUT2D eigenvalue weighted by Gasteiger charge is 2.29. The Labute approximate surface area is 175 Å². The molecule has 2 aromatic rings. The molecule has 0 N–H and O–H groups in total. The third-order valence-corrected chi connectivity index (χ3v) is 5.43. The lowest BCUT2D eigenvalue weighted by Gasteiger charge is -2.34. The first-order chi connectivity index (χ1) is 13.1. The van der Waals surface area contributed by atoms with Gasteiger partial charge in [-0.1, -0.05) is 44.0 Å². The molecule has 0 unspecified atom stereocenters. The van der Waals surface area contributed by atoms with Gasteiger partial charge in [-0.05, 0) is 24.3 Å². The second kappa shape index (κ2) is 7.76. The molecule has 3 rings (SSSR count). The summed E-state index contributed by atoms with van der Waals surface area (Å²) in [5.74, 6) is -0.216. The van der Waals surface area contributed by atoms with Crippen LogP contribution >= 0.6 is 23.2 Å². The number of hydrogen-bond acceptors (Lipinski definition) is 3. The molecule has 150 valence electrons. The number of aromatic nitrogens is 2. The largest absolute Gasteiger partial charge is 0.335 e. The highest BCUT2D eigenvalue weighted by Crippen LogP contribution is 2.24. The van der Waals surface area contributed by atoms with E-state index in [1.807, 2.05) is 6.07 Å².